The number of anilines is 3. The molecular formula is C29H34N4O6S. The van der Waals surface area contributed by atoms with E-state index in [1.807, 2.05) is 12.1 Å². The van der Waals surface area contributed by atoms with E-state index in [2.05, 4.69) is 16.0 Å². The molecule has 40 heavy (non-hydrogen) atoms. The smallest absolute Gasteiger partial charge is 0.243 e. The molecule has 3 aromatic rings. The molecule has 11 heteroatoms. The standard InChI is InChI=1S/C29H34N4O6S/c1-20(35)31-22-10-12-23(13-11-22)40(37,38)33-17-4-3-9-27(33)29(36)32-25-14-15-26(30-16-6-18-39-2)28-21(19-34)7-5-8-24(25)28/h5,7-8,10-15,19,27,30H,3-4,6,9,16-18H2,1-2H3,(H,31,35)(H,32,36). The predicted molar refractivity (Wildman–Crippen MR) is 155 cm³/mol. The highest BCUT2D eigenvalue weighted by Crippen LogP contribution is 2.34. The average molecular weight is 567 g/mol. The van der Waals surface area contributed by atoms with Gasteiger partial charge in [-0.15, -0.1) is 0 Å². The van der Waals surface area contributed by atoms with Crippen LogP contribution in [0.15, 0.2) is 59.5 Å². The van der Waals surface area contributed by atoms with Crippen molar-refractivity contribution in [1.29, 1.82) is 0 Å². The molecule has 3 aromatic carbocycles. The summed E-state index contributed by atoms with van der Waals surface area (Å²) < 4.78 is 33.5. The number of rotatable bonds is 11. The van der Waals surface area contributed by atoms with E-state index in [4.69, 9.17) is 4.74 Å². The highest BCUT2D eigenvalue weighted by atomic mass is 32.2. The molecule has 10 nitrogen and oxygen atoms in total. The lowest BCUT2D eigenvalue weighted by atomic mass is 10.0. The van der Waals surface area contributed by atoms with E-state index in [0.717, 1.165) is 18.4 Å². The number of piperidine rings is 1. The summed E-state index contributed by atoms with van der Waals surface area (Å²) >= 11 is 0. The minimum absolute atomic E-state index is 0.0475. The molecule has 3 N–H and O–H groups in total. The Hall–Kier alpha value is -3.80. The van der Waals surface area contributed by atoms with Gasteiger partial charge in [-0.2, -0.15) is 4.31 Å². The summed E-state index contributed by atoms with van der Waals surface area (Å²) in [5.74, 6) is -0.692. The van der Waals surface area contributed by atoms with E-state index in [-0.39, 0.29) is 17.3 Å². The van der Waals surface area contributed by atoms with Crippen LogP contribution in [0.5, 0.6) is 0 Å². The molecule has 4 rings (SSSR count). The summed E-state index contributed by atoms with van der Waals surface area (Å²) in [5.41, 5.74) is 2.22. The van der Waals surface area contributed by atoms with Crippen molar-refractivity contribution in [3.8, 4) is 0 Å². The first kappa shape index (κ1) is 29.2. The summed E-state index contributed by atoms with van der Waals surface area (Å²) in [6, 6.07) is 13.9. The Morgan fingerprint density at radius 3 is 2.48 bits per heavy atom. The Bertz CT molecular complexity index is 1490. The molecule has 0 aromatic heterocycles. The number of nitrogens with zero attached hydrogens (tertiary/aromatic N) is 1. The van der Waals surface area contributed by atoms with E-state index in [1.54, 1.807) is 25.3 Å². The number of ether oxygens (including phenoxy) is 1. The van der Waals surface area contributed by atoms with Crippen molar-refractivity contribution in [3.05, 3.63) is 60.2 Å². The topological polar surface area (TPSA) is 134 Å². The SMILES string of the molecule is COCCCNc1ccc(NC(=O)C2CCCCN2S(=O)(=O)c2ccc(NC(C)=O)cc2)c2cccc(C=O)c12. The molecule has 212 valence electrons. The van der Waals surface area contributed by atoms with Gasteiger partial charge in [0.2, 0.25) is 21.8 Å². The lowest BCUT2D eigenvalue weighted by Crippen LogP contribution is -2.49. The second-order valence-electron chi connectivity index (χ2n) is 9.64. The van der Waals surface area contributed by atoms with Gasteiger partial charge in [-0.25, -0.2) is 8.42 Å². The number of fused-ring (bicyclic) bond motifs is 1. The summed E-state index contributed by atoms with van der Waals surface area (Å²) in [5, 5.41) is 10.2. The second-order valence-corrected chi connectivity index (χ2v) is 11.5. The van der Waals surface area contributed by atoms with Crippen LogP contribution in [0.2, 0.25) is 0 Å². The molecule has 1 atom stereocenters. The second kappa shape index (κ2) is 13.0. The van der Waals surface area contributed by atoms with Gasteiger partial charge < -0.3 is 20.7 Å². The summed E-state index contributed by atoms with van der Waals surface area (Å²) in [7, 11) is -2.34. The van der Waals surface area contributed by atoms with Crippen LogP contribution in [-0.4, -0.2) is 63.7 Å². The third kappa shape index (κ3) is 6.49. The van der Waals surface area contributed by atoms with Crippen molar-refractivity contribution in [3.63, 3.8) is 0 Å². The fraction of sp³-hybridized carbons (Fsp3) is 0.345. The fourth-order valence-electron chi connectivity index (χ4n) is 4.95. The van der Waals surface area contributed by atoms with Crippen LogP contribution in [0.3, 0.4) is 0 Å². The Kier molecular flexibility index (Phi) is 9.51. The Balaban J connectivity index is 1.60. The van der Waals surface area contributed by atoms with Crippen LogP contribution in [0.4, 0.5) is 17.1 Å². The zero-order valence-electron chi connectivity index (χ0n) is 22.6. The molecule has 1 saturated heterocycles. The van der Waals surface area contributed by atoms with Crippen molar-refractivity contribution >= 4 is 56.0 Å². The van der Waals surface area contributed by atoms with Crippen LogP contribution in [-0.2, 0) is 24.3 Å². The third-order valence-corrected chi connectivity index (χ3v) is 8.76. The first-order valence-electron chi connectivity index (χ1n) is 13.2. The molecule has 0 saturated carbocycles. The first-order chi connectivity index (χ1) is 19.3. The number of carbonyl (C=O) groups excluding carboxylic acids is 3. The molecule has 0 aliphatic carbocycles. The minimum atomic E-state index is -3.98. The number of hydrogen-bond acceptors (Lipinski definition) is 7. The molecule has 1 aliphatic rings. The van der Waals surface area contributed by atoms with Crippen molar-refractivity contribution in [2.24, 2.45) is 0 Å². The van der Waals surface area contributed by atoms with Crippen molar-refractivity contribution < 1.29 is 27.5 Å². The number of nitrogens with one attached hydrogen (secondary N) is 3. The van der Waals surface area contributed by atoms with Crippen LogP contribution in [0.25, 0.3) is 10.8 Å². The molecule has 0 bridgehead atoms. The van der Waals surface area contributed by atoms with Gasteiger partial charge in [0.15, 0.2) is 6.29 Å². The lowest BCUT2D eigenvalue weighted by molar-refractivity contribution is -0.120. The summed E-state index contributed by atoms with van der Waals surface area (Å²) in [4.78, 5) is 36.8. The molecule has 0 radical (unpaired) electrons. The quantitative estimate of drug-likeness (QED) is 0.233. The Morgan fingerprint density at radius 1 is 1.02 bits per heavy atom. The molecule has 1 aliphatic heterocycles. The van der Waals surface area contributed by atoms with E-state index in [0.29, 0.717) is 60.1 Å². The van der Waals surface area contributed by atoms with E-state index >= 15 is 0 Å². The highest BCUT2D eigenvalue weighted by molar-refractivity contribution is 7.89. The predicted octanol–water partition coefficient (Wildman–Crippen LogP) is 4.24. The third-order valence-electron chi connectivity index (χ3n) is 6.84. The zero-order chi connectivity index (χ0) is 28.7. The van der Waals surface area contributed by atoms with Crippen molar-refractivity contribution in [2.75, 3.05) is 42.8 Å². The summed E-state index contributed by atoms with van der Waals surface area (Å²) in [6.45, 7) is 2.83. The van der Waals surface area contributed by atoms with E-state index < -0.39 is 22.0 Å². The lowest BCUT2D eigenvalue weighted by Gasteiger charge is -2.33. The van der Waals surface area contributed by atoms with Crippen LogP contribution in [0, 0.1) is 0 Å². The fourth-order valence-corrected chi connectivity index (χ4v) is 6.61. The maximum atomic E-state index is 13.6. The van der Waals surface area contributed by atoms with Crippen LogP contribution < -0.4 is 16.0 Å². The number of sulfonamides is 1. The zero-order valence-corrected chi connectivity index (χ0v) is 23.4. The van der Waals surface area contributed by atoms with Crippen molar-refractivity contribution in [1.82, 2.24) is 4.31 Å². The number of aldehydes is 1. The number of carbonyl (C=O) groups is 3. The largest absolute Gasteiger partial charge is 0.385 e. The maximum absolute atomic E-state index is 13.6. The van der Waals surface area contributed by atoms with Crippen LogP contribution in [0.1, 0.15) is 43.0 Å². The van der Waals surface area contributed by atoms with Gasteiger partial charge in [0.1, 0.15) is 6.04 Å². The van der Waals surface area contributed by atoms with Gasteiger partial charge in [0.25, 0.3) is 0 Å². The van der Waals surface area contributed by atoms with E-state index in [9.17, 15) is 22.8 Å². The summed E-state index contributed by atoms with van der Waals surface area (Å²) in [6.07, 6.45) is 3.29. The molecule has 1 unspecified atom stereocenters. The van der Waals surface area contributed by atoms with Gasteiger partial charge in [0.05, 0.1) is 4.90 Å². The molecular weight excluding hydrogens is 532 g/mol. The molecule has 1 fully saturated rings. The van der Waals surface area contributed by atoms with Gasteiger partial charge >= 0.3 is 0 Å². The van der Waals surface area contributed by atoms with E-state index in [1.165, 1.54) is 35.5 Å². The number of methoxy groups -OCH3 is 1. The van der Waals surface area contributed by atoms with Crippen molar-refractivity contribution in [2.45, 2.75) is 43.5 Å². The maximum Gasteiger partial charge on any atom is 0.243 e. The molecule has 2 amide bonds. The Labute approximate surface area is 234 Å². The molecule has 0 spiro atoms. The van der Waals surface area contributed by atoms with Gasteiger partial charge in [-0.05, 0) is 55.7 Å². The number of amides is 2. The number of hydrogen-bond donors (Lipinski definition) is 3. The van der Waals surface area contributed by atoms with Gasteiger partial charge in [-0.3, -0.25) is 14.4 Å². The molecule has 1 heterocycles. The minimum Gasteiger partial charge on any atom is -0.385 e. The first-order valence-corrected chi connectivity index (χ1v) is 14.6. The normalized spacial score (nSPS) is 15.9. The van der Waals surface area contributed by atoms with Gasteiger partial charge in [0, 0.05) is 67.1 Å². The highest BCUT2D eigenvalue weighted by Gasteiger charge is 2.37. The van der Waals surface area contributed by atoms with Crippen LogP contribution >= 0.6 is 0 Å². The van der Waals surface area contributed by atoms with Gasteiger partial charge in [-0.1, -0.05) is 24.6 Å². The Morgan fingerprint density at radius 2 is 1.77 bits per heavy atom. The average Bonchev–Trinajstić information content (AvgIpc) is 2.95. The monoisotopic (exact) mass is 566 g/mol. The number of benzene rings is 3.